The molecule has 0 atom stereocenters. The third-order valence-electron chi connectivity index (χ3n) is 3.63. The molecule has 116 valence electrons. The maximum absolute atomic E-state index is 6.26. The Morgan fingerprint density at radius 2 is 1.96 bits per heavy atom. The van der Waals surface area contributed by atoms with Crippen molar-refractivity contribution < 1.29 is 0 Å². The summed E-state index contributed by atoms with van der Waals surface area (Å²) in [6.07, 6.45) is 1.80. The molecule has 3 heterocycles. The van der Waals surface area contributed by atoms with Gasteiger partial charge in [-0.15, -0.1) is 10.2 Å². The second kappa shape index (κ2) is 5.30. The van der Waals surface area contributed by atoms with Gasteiger partial charge in [0.25, 0.3) is 0 Å². The molecule has 0 radical (unpaired) electrons. The van der Waals surface area contributed by atoms with E-state index in [2.05, 4.69) is 20.4 Å². The van der Waals surface area contributed by atoms with Gasteiger partial charge in [-0.2, -0.15) is 14.7 Å². The lowest BCUT2D eigenvalue weighted by atomic mass is 10.2. The minimum Gasteiger partial charge on any atom is -0.272 e. The van der Waals surface area contributed by atoms with Gasteiger partial charge in [0, 0.05) is 23.3 Å². The highest BCUT2D eigenvalue weighted by Gasteiger charge is 2.18. The van der Waals surface area contributed by atoms with Crippen LogP contribution in [-0.4, -0.2) is 29.6 Å². The van der Waals surface area contributed by atoms with Crippen LogP contribution in [0.1, 0.15) is 5.69 Å². The molecule has 0 amide bonds. The number of hydrogen-bond acceptors (Lipinski definition) is 5. The lowest BCUT2D eigenvalue weighted by molar-refractivity contribution is 0.740. The van der Waals surface area contributed by atoms with Gasteiger partial charge in [-0.25, -0.2) is 0 Å². The molecule has 0 saturated heterocycles. The quantitative estimate of drug-likeness (QED) is 0.541. The van der Waals surface area contributed by atoms with Crippen molar-refractivity contribution in [1.29, 1.82) is 0 Å². The fraction of sp³-hybridized carbons (Fsp3) is 0.143. The molecule has 0 aliphatic heterocycles. The molecular formula is C14H10Cl2N6S. The Labute approximate surface area is 145 Å². The molecule has 4 rings (SSSR count). The summed E-state index contributed by atoms with van der Waals surface area (Å²) in [6.45, 7) is 2.00. The Hall–Kier alpha value is -1.96. The summed E-state index contributed by atoms with van der Waals surface area (Å²) in [4.78, 5) is 0.689. The highest BCUT2D eigenvalue weighted by atomic mass is 35.5. The molecule has 3 aromatic heterocycles. The van der Waals surface area contributed by atoms with Crippen LogP contribution in [0.2, 0.25) is 10.0 Å². The molecule has 0 fully saturated rings. The van der Waals surface area contributed by atoms with Crippen molar-refractivity contribution in [1.82, 2.24) is 29.6 Å². The Morgan fingerprint density at radius 1 is 1.13 bits per heavy atom. The summed E-state index contributed by atoms with van der Waals surface area (Å²) in [7, 11) is 1.90. The van der Waals surface area contributed by atoms with Crippen molar-refractivity contribution in [2.75, 3.05) is 0 Å². The lowest BCUT2D eigenvalue weighted by Crippen LogP contribution is -1.94. The molecule has 6 nitrogen and oxygen atoms in total. The molecule has 0 saturated carbocycles. The summed E-state index contributed by atoms with van der Waals surface area (Å²) in [5.41, 5.74) is 2.72. The van der Waals surface area contributed by atoms with Crippen LogP contribution in [0.3, 0.4) is 0 Å². The van der Waals surface area contributed by atoms with Crippen molar-refractivity contribution in [3.63, 3.8) is 0 Å². The zero-order valence-electron chi connectivity index (χ0n) is 12.2. The van der Waals surface area contributed by atoms with Crippen LogP contribution in [0.4, 0.5) is 0 Å². The average Bonchev–Trinajstić information content (AvgIpc) is 3.18. The molecule has 9 heteroatoms. The molecule has 0 N–H and O–H groups in total. The van der Waals surface area contributed by atoms with Gasteiger partial charge < -0.3 is 0 Å². The summed E-state index contributed by atoms with van der Waals surface area (Å²) in [5.74, 6) is 0.566. The predicted molar refractivity (Wildman–Crippen MR) is 91.1 cm³/mol. The van der Waals surface area contributed by atoms with E-state index >= 15 is 0 Å². The second-order valence-corrected chi connectivity index (χ2v) is 6.82. The SMILES string of the molecule is Cc1c(-c2nn3c(-c4cc(Cl)ccc4Cl)nnc3s2)cnn1C. The minimum atomic E-state index is 0.552. The fourth-order valence-corrected chi connectivity index (χ4v) is 3.55. The molecule has 0 unspecified atom stereocenters. The Morgan fingerprint density at radius 3 is 2.70 bits per heavy atom. The number of aryl methyl sites for hydroxylation is 1. The zero-order valence-corrected chi connectivity index (χ0v) is 14.5. The summed E-state index contributed by atoms with van der Waals surface area (Å²) >= 11 is 13.8. The van der Waals surface area contributed by atoms with Gasteiger partial charge in [0.1, 0.15) is 0 Å². The van der Waals surface area contributed by atoms with Gasteiger partial charge in [-0.1, -0.05) is 34.5 Å². The molecule has 0 aliphatic rings. The normalized spacial score (nSPS) is 11.5. The molecule has 0 spiro atoms. The third kappa shape index (κ3) is 2.32. The van der Waals surface area contributed by atoms with E-state index in [9.17, 15) is 0 Å². The van der Waals surface area contributed by atoms with E-state index in [1.807, 2.05) is 18.7 Å². The van der Waals surface area contributed by atoms with Crippen LogP contribution < -0.4 is 0 Å². The smallest absolute Gasteiger partial charge is 0.235 e. The van der Waals surface area contributed by atoms with Crippen molar-refractivity contribution >= 4 is 39.5 Å². The summed E-state index contributed by atoms with van der Waals surface area (Å²) in [5, 5.41) is 19.2. The number of nitrogens with zero attached hydrogens (tertiary/aromatic N) is 6. The largest absolute Gasteiger partial charge is 0.272 e. The Balaban J connectivity index is 1.90. The first-order valence-corrected chi connectivity index (χ1v) is 8.28. The van der Waals surface area contributed by atoms with Crippen molar-refractivity contribution in [3.8, 4) is 22.0 Å². The van der Waals surface area contributed by atoms with Crippen LogP contribution in [-0.2, 0) is 7.05 Å². The lowest BCUT2D eigenvalue weighted by Gasteiger charge is -2.01. The average molecular weight is 365 g/mol. The number of rotatable bonds is 2. The van der Waals surface area contributed by atoms with E-state index in [0.29, 0.717) is 26.4 Å². The maximum atomic E-state index is 6.26. The molecular weight excluding hydrogens is 355 g/mol. The van der Waals surface area contributed by atoms with Crippen LogP contribution >= 0.6 is 34.5 Å². The first kappa shape index (κ1) is 14.6. The molecule has 4 aromatic rings. The van der Waals surface area contributed by atoms with E-state index in [4.69, 9.17) is 23.2 Å². The zero-order chi connectivity index (χ0) is 16.1. The van der Waals surface area contributed by atoms with Crippen LogP contribution in [0.15, 0.2) is 24.4 Å². The number of hydrogen-bond donors (Lipinski definition) is 0. The van der Waals surface area contributed by atoms with E-state index < -0.39 is 0 Å². The number of fused-ring (bicyclic) bond motifs is 1. The van der Waals surface area contributed by atoms with Crippen LogP contribution in [0.5, 0.6) is 0 Å². The van der Waals surface area contributed by atoms with Gasteiger partial charge in [-0.3, -0.25) is 4.68 Å². The standard InChI is InChI=1S/C14H10Cl2N6S/c1-7-10(6-17-21(7)2)13-20-22-12(18-19-14(22)23-13)9-5-8(15)3-4-11(9)16/h3-6H,1-2H3. The highest BCUT2D eigenvalue weighted by molar-refractivity contribution is 7.19. The van der Waals surface area contributed by atoms with Crippen molar-refractivity contribution in [3.05, 3.63) is 40.1 Å². The molecule has 1 aromatic carbocycles. The van der Waals surface area contributed by atoms with E-state index in [1.165, 1.54) is 11.3 Å². The number of halogens is 2. The Kier molecular flexibility index (Phi) is 3.37. The highest BCUT2D eigenvalue weighted by Crippen LogP contribution is 2.33. The summed E-state index contributed by atoms with van der Waals surface area (Å²) in [6, 6.07) is 5.23. The van der Waals surface area contributed by atoms with Crippen LogP contribution in [0, 0.1) is 6.92 Å². The topological polar surface area (TPSA) is 60.9 Å². The second-order valence-electron chi connectivity index (χ2n) is 5.02. The van der Waals surface area contributed by atoms with E-state index in [0.717, 1.165) is 16.3 Å². The summed E-state index contributed by atoms with van der Waals surface area (Å²) < 4.78 is 3.50. The molecule has 23 heavy (non-hydrogen) atoms. The number of aromatic nitrogens is 6. The first-order valence-electron chi connectivity index (χ1n) is 6.71. The van der Waals surface area contributed by atoms with E-state index in [1.54, 1.807) is 28.9 Å². The maximum Gasteiger partial charge on any atom is 0.235 e. The first-order chi connectivity index (χ1) is 11.0. The van der Waals surface area contributed by atoms with Gasteiger partial charge in [0.2, 0.25) is 4.96 Å². The van der Waals surface area contributed by atoms with Gasteiger partial charge in [0.15, 0.2) is 10.8 Å². The molecule has 0 bridgehead atoms. The van der Waals surface area contributed by atoms with Crippen LogP contribution in [0.25, 0.3) is 26.9 Å². The Bertz CT molecular complexity index is 1030. The third-order valence-corrected chi connectivity index (χ3v) is 5.12. The van der Waals surface area contributed by atoms with Gasteiger partial charge in [0.05, 0.1) is 16.8 Å². The van der Waals surface area contributed by atoms with Gasteiger partial charge >= 0.3 is 0 Å². The fourth-order valence-electron chi connectivity index (χ4n) is 2.27. The number of benzene rings is 1. The van der Waals surface area contributed by atoms with Crippen molar-refractivity contribution in [2.45, 2.75) is 6.92 Å². The monoisotopic (exact) mass is 364 g/mol. The molecule has 0 aliphatic carbocycles. The minimum absolute atomic E-state index is 0.552. The predicted octanol–water partition coefficient (Wildman–Crippen LogP) is 3.87. The van der Waals surface area contributed by atoms with E-state index in [-0.39, 0.29) is 0 Å². The van der Waals surface area contributed by atoms with Gasteiger partial charge in [-0.05, 0) is 25.1 Å². The van der Waals surface area contributed by atoms with Crippen molar-refractivity contribution in [2.24, 2.45) is 7.05 Å².